The molecule has 1 aromatic heterocycles. The van der Waals surface area contributed by atoms with Gasteiger partial charge in [0.25, 0.3) is 0 Å². The molecule has 0 aromatic carbocycles. The maximum atomic E-state index is 7.15. The second-order valence-corrected chi connectivity index (χ2v) is 2.38. The molecule has 1 aromatic rings. The van der Waals surface area contributed by atoms with Crippen molar-refractivity contribution in [3.05, 3.63) is 24.4 Å². The summed E-state index contributed by atoms with van der Waals surface area (Å²) in [5, 5.41) is 0. The van der Waals surface area contributed by atoms with Gasteiger partial charge in [0.2, 0.25) is 0 Å². The van der Waals surface area contributed by atoms with Gasteiger partial charge in [-0.1, -0.05) is 6.07 Å². The summed E-state index contributed by atoms with van der Waals surface area (Å²) in [6, 6.07) is 5.86. The fraction of sp³-hybridized carbons (Fsp3) is 0.286. The predicted molar refractivity (Wildman–Crippen MR) is 59.0 cm³/mol. The van der Waals surface area contributed by atoms with Gasteiger partial charge in [0.05, 0.1) is 0 Å². The Morgan fingerprint density at radius 2 is 1.69 bits per heavy atom. The summed E-state index contributed by atoms with van der Waals surface area (Å²) in [4.78, 5) is 20.4. The van der Waals surface area contributed by atoms with Crippen molar-refractivity contribution in [1.82, 2.24) is 4.98 Å². The van der Waals surface area contributed by atoms with Gasteiger partial charge < -0.3 is 28.6 Å². The number of hydrogen-bond acceptors (Lipinski definition) is 5. The largest absolute Gasteiger partial charge is 1.00 e. The van der Waals surface area contributed by atoms with E-state index in [1.54, 1.807) is 6.20 Å². The molecular formula is C7H14BKLiN2O3P. The van der Waals surface area contributed by atoms with Crippen LogP contribution >= 0.6 is 9.03 Å². The molecule has 1 rings (SSSR count). The predicted octanol–water partition coefficient (Wildman–Crippen LogP) is -5.92. The zero-order valence-electron chi connectivity index (χ0n) is 10.1. The van der Waals surface area contributed by atoms with Crippen LogP contribution in [0.5, 0.6) is 0 Å². The average Bonchev–Trinajstić information content (AvgIpc) is 2.07. The normalized spacial score (nSPS) is 6.25. The van der Waals surface area contributed by atoms with E-state index in [0.29, 0.717) is 0 Å². The second-order valence-electron chi connectivity index (χ2n) is 2.18. The van der Waals surface area contributed by atoms with Gasteiger partial charge in [0, 0.05) is 20.3 Å². The minimum atomic E-state index is -0.917. The van der Waals surface area contributed by atoms with E-state index in [1.807, 2.05) is 37.2 Å². The van der Waals surface area contributed by atoms with Crippen molar-refractivity contribution in [2.45, 2.75) is 0 Å². The van der Waals surface area contributed by atoms with Gasteiger partial charge in [0.15, 0.2) is 0 Å². The molecule has 0 bridgehead atoms. The van der Waals surface area contributed by atoms with Crippen LogP contribution < -0.4 is 75.1 Å². The Labute approximate surface area is 155 Å². The molecule has 0 atom stereocenters. The third-order valence-corrected chi connectivity index (χ3v) is 1.11. The topological polar surface area (TPSA) is 86.6 Å². The average molecular weight is 262 g/mol. The molecule has 9 heteroatoms. The fourth-order valence-corrected chi connectivity index (χ4v) is 0.618. The van der Waals surface area contributed by atoms with E-state index >= 15 is 0 Å². The zero-order valence-corrected chi connectivity index (χ0v) is 14.2. The fourth-order valence-electron chi connectivity index (χ4n) is 0.618. The summed E-state index contributed by atoms with van der Waals surface area (Å²) in [7, 11) is 3.03. The Hall–Kier alpha value is 1.56. The van der Waals surface area contributed by atoms with Crippen LogP contribution in [0.4, 0.5) is 5.82 Å². The third kappa shape index (κ3) is 17.9. The van der Waals surface area contributed by atoms with Crippen LogP contribution in [0.1, 0.15) is 0 Å². The van der Waals surface area contributed by atoms with E-state index in [9.17, 15) is 0 Å². The smallest absolute Gasteiger partial charge is 1.00 e. The Morgan fingerprint density at radius 3 is 1.88 bits per heavy atom. The molecule has 1 heterocycles. The van der Waals surface area contributed by atoms with E-state index in [1.165, 1.54) is 0 Å². The molecule has 0 spiro atoms. The standard InChI is InChI=1S/C7H10N2.B.K.Li.H3O2P.H2O/c1-9(2)7-5-3-4-6-8-7;;;;1-3-2;/h3-6H,1-2H3;;;;1-3H;1H2/q;-1;2*+1;;/p-1. The van der Waals surface area contributed by atoms with Crippen molar-refractivity contribution in [3.63, 3.8) is 0 Å². The number of rotatable bonds is 1. The van der Waals surface area contributed by atoms with Gasteiger partial charge in [-0.3, -0.25) is 0 Å². The van der Waals surface area contributed by atoms with E-state index in [4.69, 9.17) is 9.79 Å². The number of anilines is 1. The van der Waals surface area contributed by atoms with Crippen molar-refractivity contribution in [3.8, 4) is 0 Å². The van der Waals surface area contributed by atoms with E-state index in [2.05, 4.69) is 4.98 Å². The van der Waals surface area contributed by atoms with Crippen LogP contribution in [0, 0.1) is 0 Å². The summed E-state index contributed by atoms with van der Waals surface area (Å²) in [6.45, 7) is 0. The summed E-state index contributed by atoms with van der Waals surface area (Å²) in [6.07, 6.45) is 1.79. The Kier molecular flexibility index (Phi) is 41.6. The number of nitrogens with zero attached hydrogens (tertiary/aromatic N) is 2. The minimum absolute atomic E-state index is 0. The van der Waals surface area contributed by atoms with Crippen LogP contribution in [0.25, 0.3) is 0 Å². The molecule has 0 aliphatic heterocycles. The maximum Gasteiger partial charge on any atom is 1.00 e. The summed E-state index contributed by atoms with van der Waals surface area (Å²) in [5.41, 5.74) is 0. The van der Waals surface area contributed by atoms with Crippen molar-refractivity contribution in [2.24, 2.45) is 0 Å². The number of aromatic nitrogens is 1. The number of hydrogen-bond donors (Lipinski definition) is 2. The molecule has 80 valence electrons. The maximum absolute atomic E-state index is 7.15. The Balaban J connectivity index is -0.0000000528. The molecule has 0 aliphatic carbocycles. The van der Waals surface area contributed by atoms with Crippen molar-refractivity contribution in [1.29, 1.82) is 0 Å². The molecule has 0 saturated carbocycles. The molecule has 4 radical (unpaired) electrons. The van der Waals surface area contributed by atoms with Crippen LogP contribution in [-0.4, -0.2) is 42.8 Å². The molecule has 5 nitrogen and oxygen atoms in total. The van der Waals surface area contributed by atoms with Crippen molar-refractivity contribution >= 4 is 23.3 Å². The van der Waals surface area contributed by atoms with Gasteiger partial charge in [-0.05, 0) is 12.1 Å². The second kappa shape index (κ2) is 21.8. The van der Waals surface area contributed by atoms with E-state index < -0.39 is 9.03 Å². The van der Waals surface area contributed by atoms with Crippen molar-refractivity contribution in [2.75, 3.05) is 19.0 Å². The molecule has 3 N–H and O–H groups in total. The first-order chi connectivity index (χ1) is 5.72. The molecule has 0 amide bonds. The van der Waals surface area contributed by atoms with Crippen LogP contribution in [0.15, 0.2) is 24.4 Å². The zero-order chi connectivity index (χ0) is 9.40. The monoisotopic (exact) mass is 262 g/mol. The first kappa shape index (κ1) is 30.5. The molecular weight excluding hydrogens is 248 g/mol. The Morgan fingerprint density at radius 1 is 1.25 bits per heavy atom. The third-order valence-electron chi connectivity index (χ3n) is 1.11. The first-order valence-corrected chi connectivity index (χ1v) is 4.23. The SMILES string of the molecule is CN(C)c1ccccn1.OPO.[B-].[K+].[Li+].[OH-]. The quantitative estimate of drug-likeness (QED) is 0.389. The van der Waals surface area contributed by atoms with Gasteiger partial charge in [0.1, 0.15) is 14.9 Å². The van der Waals surface area contributed by atoms with Crippen LogP contribution in [-0.2, 0) is 0 Å². The summed E-state index contributed by atoms with van der Waals surface area (Å²) in [5.74, 6) is 0.998. The van der Waals surface area contributed by atoms with E-state index in [-0.39, 0.29) is 84.1 Å². The van der Waals surface area contributed by atoms with Gasteiger partial charge in [-0.15, -0.1) is 0 Å². The van der Waals surface area contributed by atoms with Gasteiger partial charge >= 0.3 is 70.2 Å². The van der Waals surface area contributed by atoms with Crippen molar-refractivity contribution < 1.29 is 85.5 Å². The summed E-state index contributed by atoms with van der Waals surface area (Å²) >= 11 is 0. The molecule has 16 heavy (non-hydrogen) atoms. The summed E-state index contributed by atoms with van der Waals surface area (Å²) < 4.78 is 0. The van der Waals surface area contributed by atoms with Gasteiger partial charge in [-0.25, -0.2) is 4.98 Å². The number of pyridine rings is 1. The van der Waals surface area contributed by atoms with Crippen LogP contribution in [0.2, 0.25) is 0 Å². The molecule has 0 saturated heterocycles. The molecule has 0 fully saturated rings. The van der Waals surface area contributed by atoms with Crippen LogP contribution in [0.3, 0.4) is 0 Å². The molecule has 0 unspecified atom stereocenters. The Bertz CT molecular complexity index is 212. The van der Waals surface area contributed by atoms with E-state index in [0.717, 1.165) is 5.82 Å². The van der Waals surface area contributed by atoms with Gasteiger partial charge in [-0.2, -0.15) is 0 Å². The molecule has 0 aliphatic rings. The first-order valence-electron chi connectivity index (χ1n) is 3.34. The minimum Gasteiger partial charge on any atom is -1.00 e.